The first kappa shape index (κ1) is 15.6. The van der Waals surface area contributed by atoms with Crippen molar-refractivity contribution in [2.45, 2.75) is 44.6 Å². The van der Waals surface area contributed by atoms with Crippen molar-refractivity contribution in [3.8, 4) is 17.2 Å². The third-order valence-corrected chi connectivity index (χ3v) is 4.16. The van der Waals surface area contributed by atoms with Gasteiger partial charge in [-0.1, -0.05) is 12.8 Å². The molecule has 0 bridgehead atoms. The van der Waals surface area contributed by atoms with Crippen LogP contribution in [0.5, 0.6) is 17.2 Å². The van der Waals surface area contributed by atoms with Crippen LogP contribution in [0.3, 0.4) is 0 Å². The highest BCUT2D eigenvalue weighted by Gasteiger charge is 2.32. The molecule has 1 aromatic rings. The van der Waals surface area contributed by atoms with Crippen LogP contribution in [0.4, 0.5) is 0 Å². The third kappa shape index (κ3) is 2.83. The van der Waals surface area contributed by atoms with Crippen LogP contribution in [-0.4, -0.2) is 36.3 Å². The third-order valence-electron chi connectivity index (χ3n) is 4.16. The standard InChI is InChI=1S/C16H22O5/c1-9(17)14-12(20-2)8-13(21-3)15(16(14)19)10-6-4-5-7-11(10)18/h8,10-11,18-19H,4-7H2,1-3H3/t10-,11-/m1/s1. The van der Waals surface area contributed by atoms with Gasteiger partial charge in [0.1, 0.15) is 22.8 Å². The van der Waals surface area contributed by atoms with Gasteiger partial charge in [0.2, 0.25) is 0 Å². The van der Waals surface area contributed by atoms with Gasteiger partial charge in [0.05, 0.1) is 20.3 Å². The summed E-state index contributed by atoms with van der Waals surface area (Å²) in [4.78, 5) is 11.8. The maximum Gasteiger partial charge on any atom is 0.167 e. The summed E-state index contributed by atoms with van der Waals surface area (Å²) in [5.74, 6) is 0.0899. The smallest absolute Gasteiger partial charge is 0.167 e. The lowest BCUT2D eigenvalue weighted by molar-refractivity contribution is 0.0992. The molecule has 21 heavy (non-hydrogen) atoms. The Morgan fingerprint density at radius 2 is 1.81 bits per heavy atom. The normalized spacial score (nSPS) is 21.9. The first-order valence-corrected chi connectivity index (χ1v) is 7.18. The fraction of sp³-hybridized carbons (Fsp3) is 0.562. The van der Waals surface area contributed by atoms with Crippen molar-refractivity contribution < 1.29 is 24.5 Å². The van der Waals surface area contributed by atoms with Crippen molar-refractivity contribution in [3.05, 3.63) is 17.2 Å². The molecule has 0 radical (unpaired) electrons. The second kappa shape index (κ2) is 6.35. The number of methoxy groups -OCH3 is 2. The number of phenolic OH excluding ortho intramolecular Hbond substituents is 1. The SMILES string of the molecule is COc1cc(OC)c([C@@H]2CCCC[C@H]2O)c(O)c1C(C)=O. The highest BCUT2D eigenvalue weighted by atomic mass is 16.5. The Labute approximate surface area is 124 Å². The molecule has 0 spiro atoms. The second-order valence-corrected chi connectivity index (χ2v) is 5.43. The number of rotatable bonds is 4. The van der Waals surface area contributed by atoms with Crippen LogP contribution >= 0.6 is 0 Å². The summed E-state index contributed by atoms with van der Waals surface area (Å²) >= 11 is 0. The van der Waals surface area contributed by atoms with Crippen LogP contribution in [0.2, 0.25) is 0 Å². The van der Waals surface area contributed by atoms with Crippen LogP contribution in [0.15, 0.2) is 6.07 Å². The molecule has 0 aromatic heterocycles. The van der Waals surface area contributed by atoms with E-state index < -0.39 is 6.10 Å². The Morgan fingerprint density at radius 1 is 1.19 bits per heavy atom. The van der Waals surface area contributed by atoms with Gasteiger partial charge in [-0.2, -0.15) is 0 Å². The molecule has 2 N–H and O–H groups in total. The molecule has 1 saturated carbocycles. The highest BCUT2D eigenvalue weighted by molar-refractivity contribution is 6.00. The molecular formula is C16H22O5. The molecule has 5 nitrogen and oxygen atoms in total. The molecule has 2 atom stereocenters. The van der Waals surface area contributed by atoms with Crippen LogP contribution < -0.4 is 9.47 Å². The molecule has 116 valence electrons. The Bertz CT molecular complexity index is 538. The van der Waals surface area contributed by atoms with Crippen molar-refractivity contribution in [1.82, 2.24) is 0 Å². The van der Waals surface area contributed by atoms with E-state index in [1.54, 1.807) is 6.07 Å². The number of aromatic hydroxyl groups is 1. The van der Waals surface area contributed by atoms with E-state index in [9.17, 15) is 15.0 Å². The number of carbonyl (C=O) groups is 1. The first-order chi connectivity index (χ1) is 10.0. The molecule has 1 aliphatic carbocycles. The van der Waals surface area contributed by atoms with E-state index >= 15 is 0 Å². The van der Waals surface area contributed by atoms with Gasteiger partial charge in [-0.25, -0.2) is 0 Å². The lowest BCUT2D eigenvalue weighted by Gasteiger charge is -2.30. The van der Waals surface area contributed by atoms with Crippen LogP contribution in [0, 0.1) is 0 Å². The van der Waals surface area contributed by atoms with Gasteiger partial charge in [-0.15, -0.1) is 0 Å². The fourth-order valence-electron chi connectivity index (χ4n) is 3.11. The number of hydrogen-bond donors (Lipinski definition) is 2. The Balaban J connectivity index is 2.62. The summed E-state index contributed by atoms with van der Waals surface area (Å²) in [7, 11) is 2.94. The number of aliphatic hydroxyl groups is 1. The molecule has 0 amide bonds. The molecule has 1 aliphatic rings. The number of benzene rings is 1. The molecule has 1 fully saturated rings. The highest BCUT2D eigenvalue weighted by Crippen LogP contribution is 2.47. The number of hydrogen-bond acceptors (Lipinski definition) is 5. The first-order valence-electron chi connectivity index (χ1n) is 7.18. The predicted molar refractivity (Wildman–Crippen MR) is 78.4 cm³/mol. The van der Waals surface area contributed by atoms with E-state index in [4.69, 9.17) is 9.47 Å². The van der Waals surface area contributed by atoms with E-state index in [1.165, 1.54) is 21.1 Å². The molecule has 1 aromatic carbocycles. The van der Waals surface area contributed by atoms with Gasteiger partial charge in [0, 0.05) is 17.5 Å². The summed E-state index contributed by atoms with van der Waals surface area (Å²) in [6.45, 7) is 1.38. The molecule has 0 heterocycles. The van der Waals surface area contributed by atoms with Crippen LogP contribution in [-0.2, 0) is 0 Å². The zero-order valence-corrected chi connectivity index (χ0v) is 12.7. The van der Waals surface area contributed by atoms with Gasteiger partial charge in [-0.3, -0.25) is 4.79 Å². The lowest BCUT2D eigenvalue weighted by atomic mass is 9.80. The van der Waals surface area contributed by atoms with Crippen molar-refractivity contribution >= 4 is 5.78 Å². The van der Waals surface area contributed by atoms with Crippen LogP contribution in [0.25, 0.3) is 0 Å². The quantitative estimate of drug-likeness (QED) is 0.835. The summed E-state index contributed by atoms with van der Waals surface area (Å²) in [6, 6.07) is 1.60. The predicted octanol–water partition coefficient (Wildman–Crippen LogP) is 2.63. The maximum atomic E-state index is 11.8. The van der Waals surface area contributed by atoms with Gasteiger partial charge in [-0.05, 0) is 19.8 Å². The minimum atomic E-state index is -0.535. The fourth-order valence-corrected chi connectivity index (χ4v) is 3.11. The van der Waals surface area contributed by atoms with Gasteiger partial charge >= 0.3 is 0 Å². The zero-order valence-electron chi connectivity index (χ0n) is 12.7. The van der Waals surface area contributed by atoms with E-state index in [2.05, 4.69) is 0 Å². The number of phenols is 1. The summed E-state index contributed by atoms with van der Waals surface area (Å²) in [5.41, 5.74) is 0.654. The van der Waals surface area contributed by atoms with Gasteiger partial charge in [0.25, 0.3) is 0 Å². The van der Waals surface area contributed by atoms with Crippen molar-refractivity contribution in [2.24, 2.45) is 0 Å². The summed E-state index contributed by atoms with van der Waals surface area (Å²) < 4.78 is 10.5. The largest absolute Gasteiger partial charge is 0.507 e. The number of ketones is 1. The van der Waals surface area contributed by atoms with Crippen molar-refractivity contribution in [2.75, 3.05) is 14.2 Å². The number of Topliss-reactive ketones (excluding diaryl/α,β-unsaturated/α-hetero) is 1. The summed E-state index contributed by atoms with van der Waals surface area (Å²) in [5, 5.41) is 20.8. The number of carbonyl (C=O) groups excluding carboxylic acids is 1. The van der Waals surface area contributed by atoms with Crippen molar-refractivity contribution in [3.63, 3.8) is 0 Å². The topological polar surface area (TPSA) is 76.0 Å². The molecule has 5 heteroatoms. The monoisotopic (exact) mass is 294 g/mol. The van der Waals surface area contributed by atoms with Gasteiger partial charge in [0.15, 0.2) is 5.78 Å². The lowest BCUT2D eigenvalue weighted by Crippen LogP contribution is -2.23. The minimum absolute atomic E-state index is 0.135. The van der Waals surface area contributed by atoms with E-state index in [0.29, 0.717) is 17.7 Å². The maximum absolute atomic E-state index is 11.8. The zero-order chi connectivity index (χ0) is 15.6. The Hall–Kier alpha value is -1.75. The van der Waals surface area contributed by atoms with Gasteiger partial charge < -0.3 is 19.7 Å². The van der Waals surface area contributed by atoms with E-state index in [1.807, 2.05) is 0 Å². The molecule has 2 rings (SSSR count). The summed E-state index contributed by atoms with van der Waals surface area (Å²) in [6.07, 6.45) is 2.86. The molecule has 0 aliphatic heterocycles. The average Bonchev–Trinajstić information content (AvgIpc) is 2.46. The Morgan fingerprint density at radius 3 is 2.33 bits per heavy atom. The van der Waals surface area contributed by atoms with E-state index in [0.717, 1.165) is 19.3 Å². The second-order valence-electron chi connectivity index (χ2n) is 5.43. The number of ether oxygens (including phenoxy) is 2. The molecule has 0 unspecified atom stereocenters. The Kier molecular flexibility index (Phi) is 4.73. The minimum Gasteiger partial charge on any atom is -0.507 e. The van der Waals surface area contributed by atoms with Crippen molar-refractivity contribution in [1.29, 1.82) is 0 Å². The molecule has 0 saturated heterocycles. The number of aliphatic hydroxyl groups excluding tert-OH is 1. The average molecular weight is 294 g/mol. The van der Waals surface area contributed by atoms with E-state index in [-0.39, 0.29) is 28.8 Å². The molecular weight excluding hydrogens is 272 g/mol. The van der Waals surface area contributed by atoms with Crippen LogP contribution in [0.1, 0.15) is 54.4 Å².